The molecular weight excluding hydrogens is 292 g/mol. The highest BCUT2D eigenvalue weighted by Crippen LogP contribution is 2.16. The summed E-state index contributed by atoms with van der Waals surface area (Å²) in [5.74, 6) is -1.64. The molecule has 7 heteroatoms. The monoisotopic (exact) mass is 310 g/mol. The first-order valence-electron chi connectivity index (χ1n) is 6.66. The number of carbonyl (C=O) groups excluding carboxylic acids is 2. The van der Waals surface area contributed by atoms with Crippen LogP contribution in [0.15, 0.2) is 18.2 Å². The van der Waals surface area contributed by atoms with Crippen molar-refractivity contribution in [2.75, 3.05) is 16.8 Å². The van der Waals surface area contributed by atoms with Gasteiger partial charge in [-0.05, 0) is 37.5 Å². The SMILES string of the molecule is Cc1ccc(C)c(NC(=O)C(=O)NC2CCS(=O)(=O)C2)c1. The number of aryl methyl sites for hydroxylation is 2. The molecule has 0 aliphatic carbocycles. The van der Waals surface area contributed by atoms with Crippen LogP contribution in [0.25, 0.3) is 0 Å². The van der Waals surface area contributed by atoms with Gasteiger partial charge in [-0.15, -0.1) is 0 Å². The van der Waals surface area contributed by atoms with Gasteiger partial charge < -0.3 is 10.6 Å². The van der Waals surface area contributed by atoms with Crippen LogP contribution in [0.3, 0.4) is 0 Å². The predicted octanol–water partition coefficient (Wildman–Crippen LogP) is 0.545. The van der Waals surface area contributed by atoms with E-state index in [1.807, 2.05) is 26.0 Å². The standard InChI is InChI=1S/C14H18N2O4S/c1-9-3-4-10(2)12(7-9)16-14(18)13(17)15-11-5-6-21(19,20)8-11/h3-4,7,11H,5-6,8H2,1-2H3,(H,15,17)(H,16,18). The molecule has 0 radical (unpaired) electrons. The molecule has 1 heterocycles. The summed E-state index contributed by atoms with van der Waals surface area (Å²) in [6.07, 6.45) is 0.352. The summed E-state index contributed by atoms with van der Waals surface area (Å²) in [4.78, 5) is 23.6. The third kappa shape index (κ3) is 4.04. The predicted molar refractivity (Wildman–Crippen MR) is 79.7 cm³/mol. The Bertz CT molecular complexity index is 682. The number of hydrogen-bond acceptors (Lipinski definition) is 4. The van der Waals surface area contributed by atoms with Gasteiger partial charge in [0.25, 0.3) is 0 Å². The lowest BCUT2D eigenvalue weighted by atomic mass is 10.1. The second-order valence-corrected chi connectivity index (χ2v) is 7.57. The number of nitrogens with one attached hydrogen (secondary N) is 2. The van der Waals surface area contributed by atoms with Gasteiger partial charge in [-0.25, -0.2) is 8.42 Å². The van der Waals surface area contributed by atoms with Crippen molar-refractivity contribution < 1.29 is 18.0 Å². The van der Waals surface area contributed by atoms with E-state index in [-0.39, 0.29) is 11.5 Å². The van der Waals surface area contributed by atoms with Crippen molar-refractivity contribution in [1.82, 2.24) is 5.32 Å². The Labute approximate surface area is 123 Å². The van der Waals surface area contributed by atoms with E-state index in [1.165, 1.54) is 0 Å². The molecule has 0 spiro atoms. The van der Waals surface area contributed by atoms with E-state index in [4.69, 9.17) is 0 Å². The van der Waals surface area contributed by atoms with E-state index in [2.05, 4.69) is 10.6 Å². The van der Waals surface area contributed by atoms with Crippen LogP contribution in [-0.4, -0.2) is 37.8 Å². The average Bonchev–Trinajstić information content (AvgIpc) is 2.73. The van der Waals surface area contributed by atoms with Crippen LogP contribution < -0.4 is 10.6 Å². The number of rotatable bonds is 2. The van der Waals surface area contributed by atoms with Crippen molar-refractivity contribution in [2.45, 2.75) is 26.3 Å². The maximum Gasteiger partial charge on any atom is 0.313 e. The van der Waals surface area contributed by atoms with Gasteiger partial charge in [-0.1, -0.05) is 12.1 Å². The fourth-order valence-corrected chi connectivity index (χ4v) is 3.88. The Hall–Kier alpha value is -1.89. The van der Waals surface area contributed by atoms with Crippen LogP contribution in [0.5, 0.6) is 0 Å². The quantitative estimate of drug-likeness (QED) is 0.780. The van der Waals surface area contributed by atoms with Gasteiger partial charge in [0.1, 0.15) is 0 Å². The van der Waals surface area contributed by atoms with Gasteiger partial charge in [-0.3, -0.25) is 9.59 Å². The van der Waals surface area contributed by atoms with Crippen LogP contribution >= 0.6 is 0 Å². The van der Waals surface area contributed by atoms with Crippen LogP contribution in [0, 0.1) is 13.8 Å². The van der Waals surface area contributed by atoms with Gasteiger partial charge in [0, 0.05) is 11.7 Å². The van der Waals surface area contributed by atoms with Crippen molar-refractivity contribution in [3.63, 3.8) is 0 Å². The maximum absolute atomic E-state index is 11.9. The normalized spacial score (nSPS) is 20.0. The molecule has 21 heavy (non-hydrogen) atoms. The molecule has 1 aromatic carbocycles. The molecule has 114 valence electrons. The van der Waals surface area contributed by atoms with Gasteiger partial charge in [0.2, 0.25) is 0 Å². The second kappa shape index (κ2) is 5.85. The fraction of sp³-hybridized carbons (Fsp3) is 0.429. The van der Waals surface area contributed by atoms with Gasteiger partial charge in [0.05, 0.1) is 11.5 Å². The number of anilines is 1. The van der Waals surface area contributed by atoms with Crippen molar-refractivity contribution >= 4 is 27.3 Å². The fourth-order valence-electron chi connectivity index (χ4n) is 2.21. The summed E-state index contributed by atoms with van der Waals surface area (Å²) < 4.78 is 22.6. The van der Waals surface area contributed by atoms with E-state index in [9.17, 15) is 18.0 Å². The smallest absolute Gasteiger partial charge is 0.313 e. The molecule has 2 amide bonds. The lowest BCUT2D eigenvalue weighted by Gasteiger charge is -2.12. The average molecular weight is 310 g/mol. The van der Waals surface area contributed by atoms with Crippen molar-refractivity contribution in [3.8, 4) is 0 Å². The number of carbonyl (C=O) groups is 2. The molecule has 2 rings (SSSR count). The van der Waals surface area contributed by atoms with E-state index in [0.29, 0.717) is 12.1 Å². The van der Waals surface area contributed by atoms with Crippen molar-refractivity contribution in [3.05, 3.63) is 29.3 Å². The molecule has 1 aliphatic heterocycles. The number of benzene rings is 1. The molecule has 1 aromatic rings. The van der Waals surface area contributed by atoms with Gasteiger partial charge in [-0.2, -0.15) is 0 Å². The Morgan fingerprint density at radius 1 is 1.19 bits per heavy atom. The first-order chi connectivity index (χ1) is 9.77. The summed E-state index contributed by atoms with van der Waals surface area (Å²) in [5.41, 5.74) is 2.40. The number of hydrogen-bond donors (Lipinski definition) is 2. The summed E-state index contributed by atoms with van der Waals surface area (Å²) in [5, 5.41) is 5.00. The van der Waals surface area contributed by atoms with Crippen LogP contribution in [-0.2, 0) is 19.4 Å². The minimum atomic E-state index is -3.08. The molecule has 1 aliphatic rings. The zero-order valence-electron chi connectivity index (χ0n) is 12.0. The number of amides is 2. The highest BCUT2D eigenvalue weighted by Gasteiger charge is 2.30. The zero-order valence-corrected chi connectivity index (χ0v) is 12.8. The highest BCUT2D eigenvalue weighted by atomic mass is 32.2. The maximum atomic E-state index is 11.9. The van der Waals surface area contributed by atoms with Crippen LogP contribution in [0.1, 0.15) is 17.5 Å². The third-order valence-electron chi connectivity index (χ3n) is 3.42. The van der Waals surface area contributed by atoms with E-state index >= 15 is 0 Å². The Kier molecular flexibility index (Phi) is 4.32. The Morgan fingerprint density at radius 3 is 2.52 bits per heavy atom. The zero-order chi connectivity index (χ0) is 15.6. The molecule has 1 fully saturated rings. The highest BCUT2D eigenvalue weighted by molar-refractivity contribution is 7.91. The Balaban J connectivity index is 1.97. The topological polar surface area (TPSA) is 92.3 Å². The molecule has 1 atom stereocenters. The van der Waals surface area contributed by atoms with Gasteiger partial charge >= 0.3 is 11.8 Å². The summed E-state index contributed by atoms with van der Waals surface area (Å²) >= 11 is 0. The van der Waals surface area contributed by atoms with Crippen molar-refractivity contribution in [2.24, 2.45) is 0 Å². The molecule has 6 nitrogen and oxygen atoms in total. The van der Waals surface area contributed by atoms with Crippen LogP contribution in [0.4, 0.5) is 5.69 Å². The minimum absolute atomic E-state index is 0.0521. The lowest BCUT2D eigenvalue weighted by molar-refractivity contribution is -0.136. The molecule has 1 saturated heterocycles. The molecule has 0 aromatic heterocycles. The summed E-state index contributed by atoms with van der Waals surface area (Å²) in [7, 11) is -3.08. The second-order valence-electron chi connectivity index (χ2n) is 5.35. The van der Waals surface area contributed by atoms with Crippen molar-refractivity contribution in [1.29, 1.82) is 0 Å². The minimum Gasteiger partial charge on any atom is -0.344 e. The summed E-state index contributed by atoms with van der Waals surface area (Å²) in [6, 6.07) is 5.06. The summed E-state index contributed by atoms with van der Waals surface area (Å²) in [6.45, 7) is 3.72. The first kappa shape index (κ1) is 15.5. The Morgan fingerprint density at radius 2 is 1.90 bits per heavy atom. The lowest BCUT2D eigenvalue weighted by Crippen LogP contribution is -2.42. The molecule has 0 bridgehead atoms. The number of sulfone groups is 1. The largest absolute Gasteiger partial charge is 0.344 e. The third-order valence-corrected chi connectivity index (χ3v) is 5.18. The molecular formula is C14H18N2O4S. The molecule has 0 saturated carbocycles. The van der Waals surface area contributed by atoms with E-state index < -0.39 is 27.7 Å². The van der Waals surface area contributed by atoms with Gasteiger partial charge in [0.15, 0.2) is 9.84 Å². The van der Waals surface area contributed by atoms with E-state index in [0.717, 1.165) is 11.1 Å². The first-order valence-corrected chi connectivity index (χ1v) is 8.48. The van der Waals surface area contributed by atoms with Crippen LogP contribution in [0.2, 0.25) is 0 Å². The van der Waals surface area contributed by atoms with E-state index in [1.54, 1.807) is 6.07 Å². The molecule has 2 N–H and O–H groups in total. The molecule has 1 unspecified atom stereocenters.